The average Bonchev–Trinajstić information content (AvgIpc) is 2.69. The van der Waals surface area contributed by atoms with Crippen molar-refractivity contribution in [1.82, 2.24) is 0 Å². The molecule has 0 spiro atoms. The molecule has 0 heterocycles. The minimum absolute atomic E-state index is 0.237. The zero-order valence-corrected chi connectivity index (χ0v) is 16.2. The van der Waals surface area contributed by atoms with E-state index in [1.807, 2.05) is 61.5 Å². The molecule has 1 atom stereocenters. The molecule has 2 heteroatoms. The highest BCUT2D eigenvalue weighted by molar-refractivity contribution is 5.80. The topological polar surface area (TPSA) is 26.3 Å². The Morgan fingerprint density at radius 1 is 0.778 bits per heavy atom. The van der Waals surface area contributed by atoms with Crippen LogP contribution >= 0.6 is 0 Å². The van der Waals surface area contributed by atoms with Crippen molar-refractivity contribution in [3.63, 3.8) is 0 Å². The molecule has 0 aromatic heterocycles. The second-order valence-electron chi connectivity index (χ2n) is 7.37. The van der Waals surface area contributed by atoms with Gasteiger partial charge in [-0.1, -0.05) is 80.6 Å². The predicted molar refractivity (Wildman–Crippen MR) is 111 cm³/mol. The minimum atomic E-state index is -0.299. The van der Waals surface area contributed by atoms with E-state index in [9.17, 15) is 4.79 Å². The van der Waals surface area contributed by atoms with E-state index < -0.39 is 0 Å². The Hall–Kier alpha value is -2.87. The number of benzene rings is 3. The van der Waals surface area contributed by atoms with Crippen LogP contribution in [0.4, 0.5) is 0 Å². The first kappa shape index (κ1) is 18.9. The van der Waals surface area contributed by atoms with E-state index in [0.717, 1.165) is 23.1 Å². The van der Waals surface area contributed by atoms with Crippen LogP contribution < -0.4 is 4.74 Å². The lowest BCUT2D eigenvalue weighted by Gasteiger charge is -2.13. The lowest BCUT2D eigenvalue weighted by atomic mass is 9.97. The quantitative estimate of drug-likeness (QED) is 0.384. The van der Waals surface area contributed by atoms with E-state index in [-0.39, 0.29) is 11.9 Å². The molecule has 0 aliphatic heterocycles. The molecule has 1 unspecified atom stereocenters. The third-order valence-electron chi connectivity index (χ3n) is 4.66. The van der Waals surface area contributed by atoms with Crippen molar-refractivity contribution in [2.24, 2.45) is 5.92 Å². The normalized spacial score (nSPS) is 12.0. The first-order valence-corrected chi connectivity index (χ1v) is 9.49. The zero-order chi connectivity index (χ0) is 19.2. The van der Waals surface area contributed by atoms with Gasteiger partial charge in [-0.05, 0) is 53.6 Å². The maximum Gasteiger partial charge on any atom is 0.318 e. The van der Waals surface area contributed by atoms with Gasteiger partial charge >= 0.3 is 5.97 Å². The Labute approximate surface area is 161 Å². The van der Waals surface area contributed by atoms with Crippen molar-refractivity contribution in [2.75, 3.05) is 0 Å². The van der Waals surface area contributed by atoms with Crippen molar-refractivity contribution < 1.29 is 9.53 Å². The molecule has 0 radical (unpaired) electrons. The van der Waals surface area contributed by atoms with Crippen molar-refractivity contribution in [1.29, 1.82) is 0 Å². The molecule has 0 saturated carbocycles. The summed E-state index contributed by atoms with van der Waals surface area (Å²) in [6, 6.07) is 26.1. The Balaban J connectivity index is 1.64. The molecule has 2 nitrogen and oxygen atoms in total. The number of hydrogen-bond acceptors (Lipinski definition) is 2. The number of rotatable bonds is 6. The SMILES string of the molecule is CC(C)Cc1ccc(C(C)C(=O)Oc2ccc(-c3ccccc3)cc2)cc1. The lowest BCUT2D eigenvalue weighted by Crippen LogP contribution is -2.16. The number of carbonyl (C=O) groups excluding carboxylic acids is 1. The third-order valence-corrected chi connectivity index (χ3v) is 4.66. The first-order valence-electron chi connectivity index (χ1n) is 9.49. The summed E-state index contributed by atoms with van der Waals surface area (Å²) in [7, 11) is 0. The van der Waals surface area contributed by atoms with E-state index in [4.69, 9.17) is 4.74 Å². The van der Waals surface area contributed by atoms with Gasteiger partial charge in [-0.2, -0.15) is 0 Å². The van der Waals surface area contributed by atoms with Crippen molar-refractivity contribution in [2.45, 2.75) is 33.1 Å². The van der Waals surface area contributed by atoms with E-state index in [1.165, 1.54) is 5.56 Å². The van der Waals surface area contributed by atoms with E-state index in [1.54, 1.807) is 0 Å². The van der Waals surface area contributed by atoms with Crippen LogP contribution in [0, 0.1) is 5.92 Å². The van der Waals surface area contributed by atoms with Gasteiger partial charge in [0.05, 0.1) is 5.92 Å². The molecular formula is C25H26O2. The summed E-state index contributed by atoms with van der Waals surface area (Å²) in [5, 5.41) is 0. The van der Waals surface area contributed by atoms with E-state index in [0.29, 0.717) is 11.7 Å². The van der Waals surface area contributed by atoms with Crippen molar-refractivity contribution in [3.05, 3.63) is 90.0 Å². The Morgan fingerprint density at radius 2 is 1.37 bits per heavy atom. The Morgan fingerprint density at radius 3 is 1.96 bits per heavy atom. The highest BCUT2D eigenvalue weighted by atomic mass is 16.5. The molecule has 3 aromatic rings. The van der Waals surface area contributed by atoms with E-state index in [2.05, 4.69) is 38.1 Å². The molecule has 0 fully saturated rings. The maximum absolute atomic E-state index is 12.5. The van der Waals surface area contributed by atoms with Gasteiger partial charge in [0.15, 0.2) is 0 Å². The van der Waals surface area contributed by atoms with Gasteiger partial charge in [0.1, 0.15) is 5.75 Å². The molecule has 0 amide bonds. The molecular weight excluding hydrogens is 332 g/mol. The highest BCUT2D eigenvalue weighted by Crippen LogP contribution is 2.24. The fourth-order valence-electron chi connectivity index (χ4n) is 3.10. The number of hydrogen-bond donors (Lipinski definition) is 0. The fraction of sp³-hybridized carbons (Fsp3) is 0.240. The molecule has 0 aliphatic carbocycles. The lowest BCUT2D eigenvalue weighted by molar-refractivity contribution is -0.135. The Bertz CT molecular complexity index is 862. The van der Waals surface area contributed by atoms with Crippen LogP contribution in [0.2, 0.25) is 0 Å². The van der Waals surface area contributed by atoms with Gasteiger partial charge in [-0.15, -0.1) is 0 Å². The monoisotopic (exact) mass is 358 g/mol. The van der Waals surface area contributed by atoms with Crippen molar-refractivity contribution in [3.8, 4) is 16.9 Å². The van der Waals surface area contributed by atoms with Crippen LogP contribution in [0.3, 0.4) is 0 Å². The summed E-state index contributed by atoms with van der Waals surface area (Å²) in [4.78, 5) is 12.5. The predicted octanol–water partition coefficient (Wildman–Crippen LogP) is 6.26. The van der Waals surface area contributed by atoms with Crippen LogP contribution in [0.15, 0.2) is 78.9 Å². The third kappa shape index (κ3) is 5.07. The average molecular weight is 358 g/mol. The Kier molecular flexibility index (Phi) is 6.08. The summed E-state index contributed by atoms with van der Waals surface area (Å²) in [6.45, 7) is 6.30. The minimum Gasteiger partial charge on any atom is -0.426 e. The van der Waals surface area contributed by atoms with Gasteiger partial charge < -0.3 is 4.74 Å². The van der Waals surface area contributed by atoms with Crippen LogP contribution in [-0.2, 0) is 11.2 Å². The molecule has 0 bridgehead atoms. The van der Waals surface area contributed by atoms with Crippen LogP contribution in [0.25, 0.3) is 11.1 Å². The molecule has 138 valence electrons. The number of ether oxygens (including phenoxy) is 1. The molecule has 0 aliphatic rings. The van der Waals surface area contributed by atoms with Gasteiger partial charge in [0.2, 0.25) is 0 Å². The highest BCUT2D eigenvalue weighted by Gasteiger charge is 2.17. The maximum atomic E-state index is 12.5. The number of carbonyl (C=O) groups is 1. The number of esters is 1. The summed E-state index contributed by atoms with van der Waals surface area (Å²) in [6.07, 6.45) is 1.05. The van der Waals surface area contributed by atoms with Gasteiger partial charge in [-0.25, -0.2) is 0 Å². The smallest absolute Gasteiger partial charge is 0.318 e. The molecule has 3 aromatic carbocycles. The molecule has 0 N–H and O–H groups in total. The zero-order valence-electron chi connectivity index (χ0n) is 16.2. The van der Waals surface area contributed by atoms with Gasteiger partial charge in [0.25, 0.3) is 0 Å². The van der Waals surface area contributed by atoms with Gasteiger partial charge in [0, 0.05) is 0 Å². The standard InChI is InChI=1S/C25H26O2/c1-18(2)17-20-9-11-21(12-10-20)19(3)25(26)27-24-15-13-23(14-16-24)22-7-5-4-6-8-22/h4-16,18-19H,17H2,1-3H3. The second-order valence-corrected chi connectivity index (χ2v) is 7.37. The summed E-state index contributed by atoms with van der Waals surface area (Å²) in [5.74, 6) is 0.658. The summed E-state index contributed by atoms with van der Waals surface area (Å²) >= 11 is 0. The fourth-order valence-corrected chi connectivity index (χ4v) is 3.10. The molecule has 27 heavy (non-hydrogen) atoms. The van der Waals surface area contributed by atoms with Crippen LogP contribution in [0.5, 0.6) is 5.75 Å². The summed E-state index contributed by atoms with van der Waals surface area (Å²) in [5.41, 5.74) is 4.52. The van der Waals surface area contributed by atoms with Crippen LogP contribution in [-0.4, -0.2) is 5.97 Å². The summed E-state index contributed by atoms with van der Waals surface area (Å²) < 4.78 is 5.58. The van der Waals surface area contributed by atoms with E-state index >= 15 is 0 Å². The van der Waals surface area contributed by atoms with Crippen molar-refractivity contribution >= 4 is 5.97 Å². The first-order chi connectivity index (χ1) is 13.0. The second kappa shape index (κ2) is 8.68. The molecule has 0 saturated heterocycles. The molecule has 3 rings (SSSR count). The largest absolute Gasteiger partial charge is 0.426 e. The van der Waals surface area contributed by atoms with Crippen LogP contribution in [0.1, 0.15) is 37.8 Å². The van der Waals surface area contributed by atoms with Gasteiger partial charge in [-0.3, -0.25) is 4.79 Å².